The zero-order valence-electron chi connectivity index (χ0n) is 27.4. The lowest BCUT2D eigenvalue weighted by molar-refractivity contribution is -0.165. The Morgan fingerprint density at radius 3 is 2.37 bits per heavy atom. The Labute approximate surface area is 270 Å². The fourth-order valence-electron chi connectivity index (χ4n) is 4.90. The van der Waals surface area contributed by atoms with Crippen LogP contribution in [0.25, 0.3) is 17.0 Å². The molecule has 3 N–H and O–H groups in total. The monoisotopic (exact) mass is 628 g/mol. The van der Waals surface area contributed by atoms with Gasteiger partial charge >= 0.3 is 5.97 Å². The van der Waals surface area contributed by atoms with Crippen LogP contribution in [-0.2, 0) is 23.9 Å². The lowest BCUT2D eigenvalue weighted by Crippen LogP contribution is -2.60. The topological polar surface area (TPSA) is 133 Å². The first-order chi connectivity index (χ1) is 21.8. The van der Waals surface area contributed by atoms with Gasteiger partial charge in [0.25, 0.3) is 17.7 Å². The van der Waals surface area contributed by atoms with Gasteiger partial charge in [-0.2, -0.15) is 0 Å². The van der Waals surface area contributed by atoms with Crippen LogP contribution in [0.3, 0.4) is 0 Å². The summed E-state index contributed by atoms with van der Waals surface area (Å²) in [4.78, 5) is 56.6. The number of anilines is 1. The van der Waals surface area contributed by atoms with Crippen molar-refractivity contribution < 1.29 is 23.9 Å². The van der Waals surface area contributed by atoms with Gasteiger partial charge in [0, 0.05) is 19.0 Å². The molecule has 11 nitrogen and oxygen atoms in total. The Kier molecular flexibility index (Phi) is 11.1. The van der Waals surface area contributed by atoms with Gasteiger partial charge in [-0.3, -0.25) is 34.6 Å². The number of esters is 1. The van der Waals surface area contributed by atoms with Crippen LogP contribution in [-0.4, -0.2) is 66.0 Å². The number of nitrogens with zero attached hydrogens (tertiary/aromatic N) is 3. The second-order valence-corrected chi connectivity index (χ2v) is 12.5. The molecule has 0 radical (unpaired) electrons. The summed E-state index contributed by atoms with van der Waals surface area (Å²) in [5, 5.41) is 6.39. The van der Waals surface area contributed by atoms with Crippen LogP contribution < -0.4 is 21.2 Å². The number of aryl methyl sites for hydroxylation is 1. The standard InChI is InChI=1S/C28H36N6O5.C7H8/c1-17(2)24-26(37)29-16-23(35)34-14-6-7-20(31-34)25(36)32-33(5)22-11-10-19-9-8-18(15-21(19)30-22)12-13-28(3,4)27(38)39-24;1-7-5-3-2-4-6-7/h8-13,15,17,20,24,31H,6-7,14,16H2,1-5H3,(H,29,37)(H,32,36);2-6H,1H3/b13-12+;. The number of amides is 3. The third-order valence-electron chi connectivity index (χ3n) is 7.80. The van der Waals surface area contributed by atoms with Crippen LogP contribution in [0.2, 0.25) is 0 Å². The average Bonchev–Trinajstić information content (AvgIpc) is 3.04. The molecule has 5 bridgehead atoms. The number of nitrogens with one attached hydrogen (secondary N) is 3. The van der Waals surface area contributed by atoms with Gasteiger partial charge in [-0.25, -0.2) is 10.4 Å². The van der Waals surface area contributed by atoms with Gasteiger partial charge in [-0.1, -0.05) is 74.0 Å². The number of rotatable bonds is 1. The first kappa shape index (κ1) is 34.1. The minimum absolute atomic E-state index is 0.302. The Balaban J connectivity index is 0.000000606. The summed E-state index contributed by atoms with van der Waals surface area (Å²) in [6, 6.07) is 19.1. The van der Waals surface area contributed by atoms with Crippen LogP contribution in [0.15, 0.2) is 66.7 Å². The molecular weight excluding hydrogens is 584 g/mol. The Hall–Kier alpha value is -4.77. The fraction of sp³-hybridized carbons (Fsp3) is 0.400. The van der Waals surface area contributed by atoms with Crippen molar-refractivity contribution in [3.05, 3.63) is 77.9 Å². The molecule has 3 aromatic rings. The number of fused-ring (bicyclic) bond motifs is 4. The molecule has 244 valence electrons. The van der Waals surface area contributed by atoms with Crippen molar-refractivity contribution in [2.24, 2.45) is 11.3 Å². The lowest BCUT2D eigenvalue weighted by atomic mass is 9.92. The summed E-state index contributed by atoms with van der Waals surface area (Å²) in [7, 11) is 1.70. The number of hydrogen-bond donors (Lipinski definition) is 3. The highest BCUT2D eigenvalue weighted by Gasteiger charge is 2.34. The normalized spacial score (nSPS) is 21.5. The number of cyclic esters (lactones) is 1. The van der Waals surface area contributed by atoms with E-state index in [0.29, 0.717) is 30.7 Å². The highest BCUT2D eigenvalue weighted by Crippen LogP contribution is 2.25. The number of hydrazine groups is 2. The number of carbonyl (C=O) groups is 4. The van der Waals surface area contributed by atoms with E-state index < -0.39 is 35.3 Å². The fourth-order valence-corrected chi connectivity index (χ4v) is 4.90. The van der Waals surface area contributed by atoms with E-state index in [0.717, 1.165) is 10.9 Å². The Bertz CT molecular complexity index is 1590. The van der Waals surface area contributed by atoms with Gasteiger partial charge in [0.1, 0.15) is 11.9 Å². The van der Waals surface area contributed by atoms with E-state index >= 15 is 0 Å². The number of carbonyl (C=O) groups excluding carboxylic acids is 4. The number of aromatic nitrogens is 1. The summed E-state index contributed by atoms with van der Waals surface area (Å²) in [6.07, 6.45) is 3.62. The predicted octanol–water partition coefficient (Wildman–Crippen LogP) is 3.93. The van der Waals surface area contributed by atoms with E-state index in [-0.39, 0.29) is 18.4 Å². The molecule has 2 atom stereocenters. The summed E-state index contributed by atoms with van der Waals surface area (Å²) < 4.78 is 5.65. The van der Waals surface area contributed by atoms with Crippen LogP contribution in [0.1, 0.15) is 51.7 Å². The van der Waals surface area contributed by atoms with Crippen molar-refractivity contribution in [3.8, 4) is 0 Å². The number of benzene rings is 2. The van der Waals surface area contributed by atoms with Crippen LogP contribution in [0.5, 0.6) is 0 Å². The second-order valence-electron chi connectivity index (χ2n) is 12.5. The van der Waals surface area contributed by atoms with E-state index in [1.54, 1.807) is 45.8 Å². The molecule has 3 heterocycles. The summed E-state index contributed by atoms with van der Waals surface area (Å²) in [5.74, 6) is -1.60. The van der Waals surface area contributed by atoms with Gasteiger partial charge in [0.2, 0.25) is 0 Å². The molecule has 1 fully saturated rings. The summed E-state index contributed by atoms with van der Waals surface area (Å²) in [5.41, 5.74) is 7.64. The maximum absolute atomic E-state index is 13.1. The van der Waals surface area contributed by atoms with E-state index in [4.69, 9.17) is 9.72 Å². The van der Waals surface area contributed by atoms with Gasteiger partial charge < -0.3 is 10.1 Å². The zero-order valence-corrected chi connectivity index (χ0v) is 27.4. The minimum atomic E-state index is -1.07. The maximum Gasteiger partial charge on any atom is 0.316 e. The molecule has 0 spiro atoms. The largest absolute Gasteiger partial charge is 0.451 e. The molecule has 2 unspecified atom stereocenters. The lowest BCUT2D eigenvalue weighted by Gasteiger charge is -2.34. The third kappa shape index (κ3) is 8.91. The predicted molar refractivity (Wildman–Crippen MR) is 178 cm³/mol. The van der Waals surface area contributed by atoms with Gasteiger partial charge in [-0.05, 0) is 63.3 Å². The Morgan fingerprint density at radius 2 is 1.70 bits per heavy atom. The molecule has 2 aliphatic rings. The maximum atomic E-state index is 13.1. The van der Waals surface area contributed by atoms with E-state index in [2.05, 4.69) is 35.2 Å². The smallest absolute Gasteiger partial charge is 0.316 e. The molecule has 1 aromatic heterocycles. The van der Waals surface area contributed by atoms with E-state index in [1.807, 2.05) is 54.6 Å². The Morgan fingerprint density at radius 1 is 0.978 bits per heavy atom. The van der Waals surface area contributed by atoms with Crippen molar-refractivity contribution in [3.63, 3.8) is 0 Å². The molecular formula is C35H44N6O5. The van der Waals surface area contributed by atoms with Crippen molar-refractivity contribution in [1.82, 2.24) is 26.2 Å². The summed E-state index contributed by atoms with van der Waals surface area (Å²) >= 11 is 0. The SMILES string of the molecule is CC(C)C1OC(=O)C(C)(C)/C=C/c2ccc3ccc(nc3c2)N(C)NC(=O)C2CCCN(N2)C(=O)CNC1=O.Cc1ccccc1. The number of ether oxygens (including phenoxy) is 1. The summed E-state index contributed by atoms with van der Waals surface area (Å²) in [6.45, 7) is 9.15. The number of hydrogen-bond acceptors (Lipinski definition) is 8. The molecule has 2 aromatic carbocycles. The second kappa shape index (κ2) is 15.0. The molecule has 11 heteroatoms. The molecule has 1 saturated heterocycles. The quantitative estimate of drug-likeness (QED) is 0.346. The van der Waals surface area contributed by atoms with E-state index in [9.17, 15) is 19.2 Å². The molecule has 0 aliphatic carbocycles. The van der Waals surface area contributed by atoms with Gasteiger partial charge in [0.15, 0.2) is 6.10 Å². The van der Waals surface area contributed by atoms with Crippen molar-refractivity contribution in [2.45, 2.75) is 59.6 Å². The highest BCUT2D eigenvalue weighted by molar-refractivity contribution is 5.90. The molecule has 2 aliphatic heterocycles. The van der Waals surface area contributed by atoms with Crippen LogP contribution in [0.4, 0.5) is 5.82 Å². The van der Waals surface area contributed by atoms with Crippen LogP contribution in [0, 0.1) is 18.3 Å². The zero-order chi connectivity index (χ0) is 33.4. The van der Waals surface area contributed by atoms with Crippen molar-refractivity contribution in [2.75, 3.05) is 25.1 Å². The van der Waals surface area contributed by atoms with Crippen molar-refractivity contribution >= 4 is 46.5 Å². The molecule has 0 saturated carbocycles. The van der Waals surface area contributed by atoms with Gasteiger partial charge in [-0.15, -0.1) is 0 Å². The van der Waals surface area contributed by atoms with E-state index in [1.165, 1.54) is 10.6 Å². The average molecular weight is 629 g/mol. The highest BCUT2D eigenvalue weighted by atomic mass is 16.5. The minimum Gasteiger partial charge on any atom is -0.451 e. The van der Waals surface area contributed by atoms with Crippen LogP contribution >= 0.6 is 0 Å². The molecule has 3 amide bonds. The number of pyridine rings is 1. The first-order valence-electron chi connectivity index (χ1n) is 15.6. The van der Waals surface area contributed by atoms with Crippen molar-refractivity contribution in [1.29, 1.82) is 0 Å². The first-order valence-corrected chi connectivity index (χ1v) is 15.6. The third-order valence-corrected chi connectivity index (χ3v) is 7.80. The van der Waals surface area contributed by atoms with Gasteiger partial charge in [0.05, 0.1) is 17.5 Å². The molecule has 46 heavy (non-hydrogen) atoms. The molecule has 5 rings (SSSR count).